The summed E-state index contributed by atoms with van der Waals surface area (Å²) in [6.07, 6.45) is 0.137. The predicted molar refractivity (Wildman–Crippen MR) is 55.1 cm³/mol. The van der Waals surface area contributed by atoms with Crippen molar-refractivity contribution in [3.63, 3.8) is 0 Å². The lowest BCUT2D eigenvalue weighted by atomic mass is 10.2. The molecule has 0 heterocycles. The molecule has 0 aliphatic carbocycles. The van der Waals surface area contributed by atoms with E-state index in [4.69, 9.17) is 0 Å². The molecule has 1 amide bonds. The van der Waals surface area contributed by atoms with E-state index in [-0.39, 0.29) is 6.42 Å². The standard InChI is InChI=1S/C10H12N2O2/c1-8-4-2-3-5-9(8)11-7-6-10(13)12-14/h2-5,11H,6-7H2,1H3. The van der Waals surface area contributed by atoms with E-state index in [0.29, 0.717) is 6.54 Å². The second kappa shape index (κ2) is 5.11. The number of rotatable bonds is 4. The van der Waals surface area contributed by atoms with Crippen molar-refractivity contribution in [2.75, 3.05) is 11.9 Å². The Bertz CT molecular complexity index is 337. The van der Waals surface area contributed by atoms with Crippen LogP contribution in [-0.2, 0) is 4.79 Å². The fourth-order valence-corrected chi connectivity index (χ4v) is 1.12. The van der Waals surface area contributed by atoms with E-state index in [0.717, 1.165) is 11.3 Å². The minimum atomic E-state index is -0.619. The number of hydrogen-bond acceptors (Lipinski definition) is 3. The third-order valence-corrected chi connectivity index (χ3v) is 1.90. The van der Waals surface area contributed by atoms with Crippen LogP contribution < -0.4 is 5.32 Å². The molecule has 0 saturated carbocycles. The summed E-state index contributed by atoms with van der Waals surface area (Å²) in [6.45, 7) is 2.41. The Morgan fingerprint density at radius 3 is 2.79 bits per heavy atom. The van der Waals surface area contributed by atoms with Gasteiger partial charge in [-0.05, 0) is 18.6 Å². The summed E-state index contributed by atoms with van der Waals surface area (Å²) in [6, 6.07) is 7.75. The molecule has 0 aliphatic heterocycles. The summed E-state index contributed by atoms with van der Waals surface area (Å²) in [4.78, 5) is 20.4. The smallest absolute Gasteiger partial charge is 0.288 e. The minimum Gasteiger partial charge on any atom is -0.384 e. The number of carbonyl (C=O) groups excluding carboxylic acids is 1. The van der Waals surface area contributed by atoms with Crippen molar-refractivity contribution in [1.29, 1.82) is 0 Å². The van der Waals surface area contributed by atoms with Crippen LogP contribution in [0.2, 0.25) is 0 Å². The Balaban J connectivity index is 2.42. The number of para-hydroxylation sites is 1. The SMILES string of the molecule is Cc1ccccc1NCCC(=O)N=O. The topological polar surface area (TPSA) is 58.5 Å². The van der Waals surface area contributed by atoms with Gasteiger partial charge in [0.15, 0.2) is 0 Å². The Morgan fingerprint density at radius 1 is 1.43 bits per heavy atom. The average Bonchev–Trinajstić information content (AvgIpc) is 2.20. The molecule has 0 bridgehead atoms. The highest BCUT2D eigenvalue weighted by Gasteiger charge is 2.00. The Morgan fingerprint density at radius 2 is 2.14 bits per heavy atom. The van der Waals surface area contributed by atoms with Gasteiger partial charge in [-0.2, -0.15) is 0 Å². The highest BCUT2D eigenvalue weighted by atomic mass is 16.3. The summed E-state index contributed by atoms with van der Waals surface area (Å²) in [5, 5.41) is 5.37. The van der Waals surface area contributed by atoms with E-state index in [2.05, 4.69) is 10.5 Å². The molecule has 74 valence electrons. The number of hydrogen-bond donors (Lipinski definition) is 1. The number of benzene rings is 1. The van der Waals surface area contributed by atoms with E-state index in [1.54, 1.807) is 0 Å². The third-order valence-electron chi connectivity index (χ3n) is 1.90. The molecule has 14 heavy (non-hydrogen) atoms. The molecule has 0 atom stereocenters. The van der Waals surface area contributed by atoms with Crippen LogP contribution in [0, 0.1) is 11.8 Å². The molecule has 0 saturated heterocycles. The molecule has 0 unspecified atom stereocenters. The summed E-state index contributed by atoms with van der Waals surface area (Å²) in [5.41, 5.74) is 2.09. The van der Waals surface area contributed by atoms with Crippen LogP contribution in [0.4, 0.5) is 5.69 Å². The van der Waals surface area contributed by atoms with Gasteiger partial charge in [0.25, 0.3) is 5.91 Å². The second-order valence-electron chi connectivity index (χ2n) is 2.98. The van der Waals surface area contributed by atoms with Gasteiger partial charge in [-0.15, -0.1) is 4.91 Å². The number of anilines is 1. The maximum absolute atomic E-state index is 10.6. The maximum Gasteiger partial charge on any atom is 0.288 e. The summed E-state index contributed by atoms with van der Waals surface area (Å²) >= 11 is 0. The van der Waals surface area contributed by atoms with Crippen LogP contribution in [0.15, 0.2) is 29.4 Å². The zero-order chi connectivity index (χ0) is 10.4. The normalized spacial score (nSPS) is 9.50. The van der Waals surface area contributed by atoms with Crippen molar-refractivity contribution in [3.05, 3.63) is 34.7 Å². The molecule has 0 radical (unpaired) electrons. The molecule has 0 aliphatic rings. The molecular formula is C10H12N2O2. The van der Waals surface area contributed by atoms with Crippen LogP contribution in [0.3, 0.4) is 0 Å². The zero-order valence-corrected chi connectivity index (χ0v) is 7.99. The maximum atomic E-state index is 10.6. The molecule has 1 N–H and O–H groups in total. The second-order valence-corrected chi connectivity index (χ2v) is 2.98. The fraction of sp³-hybridized carbons (Fsp3) is 0.300. The van der Waals surface area contributed by atoms with Gasteiger partial charge in [0.2, 0.25) is 0 Å². The Kier molecular flexibility index (Phi) is 3.79. The van der Waals surface area contributed by atoms with Crippen molar-refractivity contribution < 1.29 is 4.79 Å². The van der Waals surface area contributed by atoms with Gasteiger partial charge in [-0.3, -0.25) is 4.79 Å². The van der Waals surface area contributed by atoms with Gasteiger partial charge in [-0.1, -0.05) is 18.2 Å². The van der Waals surface area contributed by atoms with E-state index in [1.807, 2.05) is 31.2 Å². The first-order chi connectivity index (χ1) is 6.74. The van der Waals surface area contributed by atoms with Gasteiger partial charge in [-0.25, -0.2) is 0 Å². The number of nitrogens with zero attached hydrogens (tertiary/aromatic N) is 1. The van der Waals surface area contributed by atoms with Crippen LogP contribution in [-0.4, -0.2) is 12.5 Å². The van der Waals surface area contributed by atoms with Gasteiger partial charge in [0.1, 0.15) is 0 Å². The molecular weight excluding hydrogens is 180 g/mol. The molecule has 0 spiro atoms. The highest BCUT2D eigenvalue weighted by Crippen LogP contribution is 2.12. The monoisotopic (exact) mass is 192 g/mol. The van der Waals surface area contributed by atoms with Crippen LogP contribution >= 0.6 is 0 Å². The molecule has 1 aromatic rings. The molecule has 1 rings (SSSR count). The lowest BCUT2D eigenvalue weighted by molar-refractivity contribution is -0.117. The number of nitroso groups, excluding NO2 is 1. The molecule has 1 aromatic carbocycles. The van der Waals surface area contributed by atoms with Gasteiger partial charge >= 0.3 is 0 Å². The third kappa shape index (κ3) is 2.97. The van der Waals surface area contributed by atoms with Crippen LogP contribution in [0.5, 0.6) is 0 Å². The van der Waals surface area contributed by atoms with Crippen LogP contribution in [0.1, 0.15) is 12.0 Å². The van der Waals surface area contributed by atoms with Crippen molar-refractivity contribution >= 4 is 11.6 Å². The quantitative estimate of drug-likeness (QED) is 0.743. The van der Waals surface area contributed by atoms with Crippen molar-refractivity contribution in [1.82, 2.24) is 0 Å². The number of nitrogens with one attached hydrogen (secondary N) is 1. The van der Waals surface area contributed by atoms with Gasteiger partial charge in [0.05, 0.1) is 0 Å². The van der Waals surface area contributed by atoms with Crippen molar-refractivity contribution in [2.24, 2.45) is 5.18 Å². The lowest BCUT2D eigenvalue weighted by Crippen LogP contribution is -2.07. The molecule has 4 heteroatoms. The van der Waals surface area contributed by atoms with E-state index >= 15 is 0 Å². The summed E-state index contributed by atoms with van der Waals surface area (Å²) < 4.78 is 0. The lowest BCUT2D eigenvalue weighted by Gasteiger charge is -2.06. The predicted octanol–water partition coefficient (Wildman–Crippen LogP) is 2.09. The fourth-order valence-electron chi connectivity index (χ4n) is 1.12. The van der Waals surface area contributed by atoms with Gasteiger partial charge in [0, 0.05) is 23.8 Å². The van der Waals surface area contributed by atoms with Crippen LogP contribution in [0.25, 0.3) is 0 Å². The minimum absolute atomic E-state index is 0.137. The molecule has 0 fully saturated rings. The van der Waals surface area contributed by atoms with E-state index < -0.39 is 5.91 Å². The first kappa shape index (κ1) is 10.4. The first-order valence-corrected chi connectivity index (χ1v) is 4.39. The van der Waals surface area contributed by atoms with E-state index in [9.17, 15) is 9.70 Å². The van der Waals surface area contributed by atoms with Crippen molar-refractivity contribution in [3.8, 4) is 0 Å². The Labute approximate surface area is 82.3 Å². The number of aryl methyl sites for hydroxylation is 1. The number of carbonyl (C=O) groups is 1. The van der Waals surface area contributed by atoms with Crippen molar-refractivity contribution in [2.45, 2.75) is 13.3 Å². The molecule has 4 nitrogen and oxygen atoms in total. The average molecular weight is 192 g/mol. The number of amides is 1. The summed E-state index contributed by atoms with van der Waals surface area (Å²) in [7, 11) is 0. The van der Waals surface area contributed by atoms with Gasteiger partial charge < -0.3 is 5.32 Å². The first-order valence-electron chi connectivity index (χ1n) is 4.39. The Hall–Kier alpha value is -1.71. The van der Waals surface area contributed by atoms with E-state index in [1.165, 1.54) is 0 Å². The highest BCUT2D eigenvalue weighted by molar-refractivity contribution is 5.77. The molecule has 0 aromatic heterocycles. The largest absolute Gasteiger partial charge is 0.384 e. The zero-order valence-electron chi connectivity index (χ0n) is 7.99. The summed E-state index contributed by atoms with van der Waals surface area (Å²) in [5.74, 6) is -0.619.